The lowest BCUT2D eigenvalue weighted by atomic mass is 10.3. The van der Waals surface area contributed by atoms with Gasteiger partial charge < -0.3 is 14.0 Å². The van der Waals surface area contributed by atoms with Crippen LogP contribution in [0.3, 0.4) is 0 Å². The van der Waals surface area contributed by atoms with E-state index in [0.29, 0.717) is 36.5 Å². The number of nitrogens with zero attached hydrogens (tertiary/aromatic N) is 3. The largest absolute Gasteiger partial charge is 0.490 e. The quantitative estimate of drug-likeness (QED) is 0.837. The van der Waals surface area contributed by atoms with Crippen LogP contribution >= 0.6 is 0 Å². The van der Waals surface area contributed by atoms with E-state index in [4.69, 9.17) is 9.47 Å². The maximum Gasteiger partial charge on any atom is 0.185 e. The first kappa shape index (κ1) is 15.4. The molecule has 0 amide bonds. The molecule has 7 nitrogen and oxygen atoms in total. The molecule has 4 rings (SSSR count). The fourth-order valence-corrected chi connectivity index (χ4v) is 4.11. The second-order valence-electron chi connectivity index (χ2n) is 6.23. The molecule has 0 N–H and O–H groups in total. The molecule has 2 aromatic rings. The molecule has 1 aliphatic heterocycles. The van der Waals surface area contributed by atoms with Crippen LogP contribution in [0.25, 0.3) is 0 Å². The molecule has 0 bridgehead atoms. The van der Waals surface area contributed by atoms with Gasteiger partial charge in [-0.2, -0.15) is 0 Å². The summed E-state index contributed by atoms with van der Waals surface area (Å²) in [4.78, 5) is 0.211. The molecular formula is C16H19N3O4S. The number of hydrogen-bond acceptors (Lipinski definition) is 6. The maximum atomic E-state index is 12.7. The van der Waals surface area contributed by atoms with Crippen LogP contribution < -0.4 is 9.47 Å². The summed E-state index contributed by atoms with van der Waals surface area (Å²) in [7, 11) is -1.71. The molecule has 0 spiro atoms. The molecule has 2 aliphatic rings. The molecule has 0 saturated heterocycles. The average Bonchev–Trinajstić information content (AvgIpc) is 3.36. The highest BCUT2D eigenvalue weighted by Gasteiger charge is 2.30. The van der Waals surface area contributed by atoms with Crippen LogP contribution in [0.2, 0.25) is 0 Å². The number of ether oxygens (including phenoxy) is 2. The molecule has 8 heteroatoms. The van der Waals surface area contributed by atoms with E-state index in [-0.39, 0.29) is 10.6 Å². The van der Waals surface area contributed by atoms with Crippen LogP contribution in [0.15, 0.2) is 23.1 Å². The molecule has 1 aliphatic carbocycles. The van der Waals surface area contributed by atoms with E-state index in [0.717, 1.165) is 25.1 Å². The van der Waals surface area contributed by atoms with Gasteiger partial charge in [-0.05, 0) is 25.0 Å². The highest BCUT2D eigenvalue weighted by atomic mass is 32.2. The third kappa shape index (κ3) is 2.86. The standard InChI is InChI=1S/C16H19N3O4S/c1-19-15(17-18-16(19)11-3-4-11)10-24(20,21)12-5-6-13-14(9-12)23-8-2-7-22-13/h5-6,9,11H,2-4,7-8,10H2,1H3. The van der Waals surface area contributed by atoms with E-state index < -0.39 is 9.84 Å². The van der Waals surface area contributed by atoms with E-state index in [1.54, 1.807) is 16.7 Å². The van der Waals surface area contributed by atoms with Crippen LogP contribution in [0.1, 0.15) is 36.8 Å². The van der Waals surface area contributed by atoms with Gasteiger partial charge >= 0.3 is 0 Å². The molecule has 2 heterocycles. The summed E-state index contributed by atoms with van der Waals surface area (Å²) in [5.74, 6) is 2.65. The van der Waals surface area contributed by atoms with Gasteiger partial charge in [-0.3, -0.25) is 0 Å². The van der Waals surface area contributed by atoms with Gasteiger partial charge in [0, 0.05) is 25.5 Å². The Bertz CT molecular complexity index is 871. The SMILES string of the molecule is Cn1c(CS(=O)(=O)c2ccc3c(c2)OCCCO3)nnc1C1CC1. The third-order valence-electron chi connectivity index (χ3n) is 4.34. The Morgan fingerprint density at radius 3 is 2.67 bits per heavy atom. The van der Waals surface area contributed by atoms with Crippen molar-refractivity contribution in [1.29, 1.82) is 0 Å². The molecule has 0 atom stereocenters. The van der Waals surface area contributed by atoms with Crippen molar-refractivity contribution in [2.75, 3.05) is 13.2 Å². The lowest BCUT2D eigenvalue weighted by Crippen LogP contribution is -2.10. The summed E-state index contributed by atoms with van der Waals surface area (Å²) in [6.07, 6.45) is 2.97. The van der Waals surface area contributed by atoms with Gasteiger partial charge in [0.25, 0.3) is 0 Å². The molecule has 128 valence electrons. The van der Waals surface area contributed by atoms with Gasteiger partial charge in [-0.1, -0.05) is 0 Å². The Morgan fingerprint density at radius 1 is 1.17 bits per heavy atom. The molecule has 1 aromatic carbocycles. The lowest BCUT2D eigenvalue weighted by Gasteiger charge is -2.10. The Hall–Kier alpha value is -2.09. The summed E-state index contributed by atoms with van der Waals surface area (Å²) in [6.45, 7) is 1.09. The highest BCUT2D eigenvalue weighted by molar-refractivity contribution is 7.90. The third-order valence-corrected chi connectivity index (χ3v) is 5.95. The maximum absolute atomic E-state index is 12.7. The summed E-state index contributed by atoms with van der Waals surface area (Å²) >= 11 is 0. The van der Waals surface area contributed by atoms with Crippen molar-refractivity contribution in [2.45, 2.75) is 35.8 Å². The van der Waals surface area contributed by atoms with Gasteiger partial charge in [0.2, 0.25) is 0 Å². The molecule has 1 fully saturated rings. The Labute approximate surface area is 140 Å². The summed E-state index contributed by atoms with van der Waals surface area (Å²) in [6, 6.07) is 4.75. The van der Waals surface area contributed by atoms with Gasteiger partial charge in [0.05, 0.1) is 18.1 Å². The Kier molecular flexibility index (Phi) is 3.71. The minimum absolute atomic E-state index is 0.178. The average molecular weight is 349 g/mol. The number of benzene rings is 1. The first-order chi connectivity index (χ1) is 11.5. The Balaban J connectivity index is 1.62. The lowest BCUT2D eigenvalue weighted by molar-refractivity contribution is 0.297. The van der Waals surface area contributed by atoms with Crippen LogP contribution in [-0.2, 0) is 22.6 Å². The van der Waals surface area contributed by atoms with Crippen LogP contribution in [0.5, 0.6) is 11.5 Å². The molecule has 1 aromatic heterocycles. The fourth-order valence-electron chi connectivity index (χ4n) is 2.79. The normalized spacial score (nSPS) is 17.5. The van der Waals surface area contributed by atoms with Gasteiger partial charge in [-0.15, -0.1) is 10.2 Å². The molecular weight excluding hydrogens is 330 g/mol. The zero-order valence-electron chi connectivity index (χ0n) is 13.4. The van der Waals surface area contributed by atoms with Gasteiger partial charge in [0.15, 0.2) is 21.3 Å². The van der Waals surface area contributed by atoms with Gasteiger partial charge in [-0.25, -0.2) is 8.42 Å². The van der Waals surface area contributed by atoms with Crippen molar-refractivity contribution in [1.82, 2.24) is 14.8 Å². The summed E-state index contributed by atoms with van der Waals surface area (Å²) in [5, 5.41) is 8.21. The first-order valence-corrected chi connectivity index (χ1v) is 9.70. The fraction of sp³-hybridized carbons (Fsp3) is 0.500. The minimum Gasteiger partial charge on any atom is -0.490 e. The number of aromatic nitrogens is 3. The van der Waals surface area contributed by atoms with Crippen molar-refractivity contribution >= 4 is 9.84 Å². The van der Waals surface area contributed by atoms with E-state index in [1.165, 1.54) is 6.07 Å². The molecule has 24 heavy (non-hydrogen) atoms. The number of sulfone groups is 1. The predicted octanol–water partition coefficient (Wildman–Crippen LogP) is 1.83. The highest BCUT2D eigenvalue weighted by Crippen LogP contribution is 2.39. The zero-order chi connectivity index (χ0) is 16.7. The van der Waals surface area contributed by atoms with Gasteiger partial charge in [0.1, 0.15) is 17.4 Å². The monoisotopic (exact) mass is 349 g/mol. The molecule has 0 unspecified atom stereocenters. The zero-order valence-corrected chi connectivity index (χ0v) is 14.3. The van der Waals surface area contributed by atoms with E-state index in [9.17, 15) is 8.42 Å². The molecule has 0 radical (unpaired) electrons. The van der Waals surface area contributed by atoms with Crippen LogP contribution in [-0.4, -0.2) is 36.4 Å². The molecule has 1 saturated carbocycles. The number of rotatable bonds is 4. The van der Waals surface area contributed by atoms with E-state index in [2.05, 4.69) is 10.2 Å². The van der Waals surface area contributed by atoms with Crippen molar-refractivity contribution in [3.05, 3.63) is 29.8 Å². The summed E-state index contributed by atoms with van der Waals surface area (Å²) < 4.78 is 38.4. The second kappa shape index (κ2) is 5.77. The topological polar surface area (TPSA) is 83.3 Å². The first-order valence-electron chi connectivity index (χ1n) is 8.05. The van der Waals surface area contributed by atoms with Crippen molar-refractivity contribution in [2.24, 2.45) is 7.05 Å². The number of fused-ring (bicyclic) bond motifs is 1. The van der Waals surface area contributed by atoms with Crippen molar-refractivity contribution in [3.63, 3.8) is 0 Å². The smallest absolute Gasteiger partial charge is 0.185 e. The van der Waals surface area contributed by atoms with Crippen LogP contribution in [0.4, 0.5) is 0 Å². The van der Waals surface area contributed by atoms with Crippen molar-refractivity contribution in [3.8, 4) is 11.5 Å². The predicted molar refractivity (Wildman–Crippen MR) is 85.9 cm³/mol. The number of hydrogen-bond donors (Lipinski definition) is 0. The van der Waals surface area contributed by atoms with E-state index >= 15 is 0 Å². The van der Waals surface area contributed by atoms with Crippen LogP contribution in [0, 0.1) is 0 Å². The minimum atomic E-state index is -3.53. The summed E-state index contributed by atoms with van der Waals surface area (Å²) in [5.41, 5.74) is 0. The Morgan fingerprint density at radius 2 is 1.92 bits per heavy atom. The van der Waals surface area contributed by atoms with E-state index in [1.807, 2.05) is 7.05 Å². The second-order valence-corrected chi connectivity index (χ2v) is 8.22. The van der Waals surface area contributed by atoms with Crippen molar-refractivity contribution < 1.29 is 17.9 Å².